The molecule has 1 aliphatic heterocycles. The molecule has 10 nitrogen and oxygen atoms in total. The molecule has 10 heteroatoms. The molecule has 174 valence electrons. The Morgan fingerprint density at radius 3 is 1.91 bits per heavy atom. The van der Waals surface area contributed by atoms with Crippen molar-refractivity contribution >= 4 is 5.95 Å². The van der Waals surface area contributed by atoms with Gasteiger partial charge in [0.15, 0.2) is 0 Å². The third kappa shape index (κ3) is 4.90. The Morgan fingerprint density at radius 1 is 0.848 bits per heavy atom. The Labute approximate surface area is 189 Å². The van der Waals surface area contributed by atoms with Crippen LogP contribution in [-0.4, -0.2) is 74.8 Å². The Kier molecular flexibility index (Phi) is 6.72. The fourth-order valence-corrected chi connectivity index (χ4v) is 3.53. The van der Waals surface area contributed by atoms with E-state index < -0.39 is 37.3 Å². The number of nitrogen functional groups attached to an aromatic ring is 1. The molecule has 0 bridgehead atoms. The van der Waals surface area contributed by atoms with Crippen molar-refractivity contribution in [2.45, 2.75) is 30.7 Å². The van der Waals surface area contributed by atoms with Gasteiger partial charge in [0.1, 0.15) is 35.9 Å². The second kappa shape index (κ2) is 9.69. The molecule has 0 aliphatic carbocycles. The number of methoxy groups -OCH3 is 1. The Bertz CT molecular complexity index is 1080. The lowest BCUT2D eigenvalue weighted by Crippen LogP contribution is -2.60. The average molecular weight is 455 g/mol. The second-order valence-corrected chi connectivity index (χ2v) is 7.56. The van der Waals surface area contributed by atoms with Crippen LogP contribution in [0.2, 0.25) is 0 Å². The van der Waals surface area contributed by atoms with Gasteiger partial charge in [0, 0.05) is 11.1 Å². The van der Waals surface area contributed by atoms with Gasteiger partial charge in [-0.1, -0.05) is 0 Å². The highest BCUT2D eigenvalue weighted by molar-refractivity contribution is 5.69. The summed E-state index contributed by atoms with van der Waals surface area (Å²) in [5, 5.41) is 39.2. The van der Waals surface area contributed by atoms with Crippen molar-refractivity contribution in [1.29, 1.82) is 0 Å². The minimum atomic E-state index is -1.51. The maximum absolute atomic E-state index is 10.1. The number of rotatable bonds is 6. The van der Waals surface area contributed by atoms with E-state index in [0.29, 0.717) is 17.1 Å². The number of hydrogen-bond acceptors (Lipinski definition) is 10. The van der Waals surface area contributed by atoms with E-state index in [1.165, 1.54) is 0 Å². The van der Waals surface area contributed by atoms with E-state index in [0.717, 1.165) is 16.9 Å². The van der Waals surface area contributed by atoms with Crippen LogP contribution in [-0.2, 0) is 4.74 Å². The number of hydrogen-bond donors (Lipinski definition) is 5. The first kappa shape index (κ1) is 22.9. The molecule has 4 rings (SSSR count). The molecule has 5 atom stereocenters. The zero-order chi connectivity index (χ0) is 23.5. The van der Waals surface area contributed by atoms with Gasteiger partial charge < -0.3 is 40.4 Å². The van der Waals surface area contributed by atoms with Gasteiger partial charge in [-0.05, 0) is 54.6 Å². The highest BCUT2D eigenvalue weighted by atomic mass is 16.7. The topological polar surface area (TPSA) is 160 Å². The molecular weight excluding hydrogens is 430 g/mol. The fraction of sp³-hybridized carbons (Fsp3) is 0.304. The smallest absolute Gasteiger partial charge is 0.229 e. The van der Waals surface area contributed by atoms with Gasteiger partial charge in [-0.2, -0.15) is 0 Å². The van der Waals surface area contributed by atoms with Crippen LogP contribution in [0.25, 0.3) is 22.5 Å². The van der Waals surface area contributed by atoms with Crippen LogP contribution in [0.15, 0.2) is 54.6 Å². The third-order valence-corrected chi connectivity index (χ3v) is 5.38. The number of aliphatic hydroxyl groups excluding tert-OH is 4. The molecule has 0 radical (unpaired) electrons. The molecule has 2 heterocycles. The molecule has 1 fully saturated rings. The number of aromatic nitrogens is 2. The number of nitrogens with two attached hydrogens (primary N) is 1. The van der Waals surface area contributed by atoms with Crippen LogP contribution >= 0.6 is 0 Å². The molecule has 0 amide bonds. The quantitative estimate of drug-likeness (QED) is 0.356. The number of ether oxygens (including phenoxy) is 3. The highest BCUT2D eigenvalue weighted by Crippen LogP contribution is 2.29. The highest BCUT2D eigenvalue weighted by Gasteiger charge is 2.44. The van der Waals surface area contributed by atoms with Gasteiger partial charge in [0.05, 0.1) is 25.1 Å². The van der Waals surface area contributed by atoms with Crippen LogP contribution in [0, 0.1) is 0 Å². The number of benzene rings is 2. The van der Waals surface area contributed by atoms with E-state index in [-0.39, 0.29) is 5.95 Å². The summed E-state index contributed by atoms with van der Waals surface area (Å²) in [6.07, 6.45) is -6.76. The summed E-state index contributed by atoms with van der Waals surface area (Å²) in [4.78, 5) is 8.62. The van der Waals surface area contributed by atoms with E-state index in [2.05, 4.69) is 9.97 Å². The van der Waals surface area contributed by atoms with Crippen molar-refractivity contribution in [3.8, 4) is 34.0 Å². The van der Waals surface area contributed by atoms with E-state index in [9.17, 15) is 20.4 Å². The summed E-state index contributed by atoms with van der Waals surface area (Å²) >= 11 is 0. The molecule has 0 saturated carbocycles. The van der Waals surface area contributed by atoms with Gasteiger partial charge in [0.25, 0.3) is 0 Å². The van der Waals surface area contributed by atoms with Crippen LogP contribution in [0.5, 0.6) is 11.5 Å². The lowest BCUT2D eigenvalue weighted by atomic mass is 9.99. The first-order valence-electron chi connectivity index (χ1n) is 10.3. The molecule has 6 N–H and O–H groups in total. The van der Waals surface area contributed by atoms with E-state index in [1.807, 2.05) is 30.3 Å². The van der Waals surface area contributed by atoms with Crippen molar-refractivity contribution in [1.82, 2.24) is 9.97 Å². The molecule has 2 aromatic carbocycles. The minimum Gasteiger partial charge on any atom is -0.497 e. The lowest BCUT2D eigenvalue weighted by Gasteiger charge is -2.39. The standard InChI is InChI=1S/C23H25N3O7/c1-31-14-6-2-12(3-7-14)16-10-17(26-23(24)25-16)13-4-8-15(9-5-13)32-22-21(30)20(29)19(28)18(11-27)33-22/h2-10,18-22,27-30H,11H2,1H3,(H2,24,25,26). The summed E-state index contributed by atoms with van der Waals surface area (Å²) in [6, 6.07) is 16.0. The Morgan fingerprint density at radius 2 is 1.39 bits per heavy atom. The molecule has 1 saturated heterocycles. The number of nitrogens with zero attached hydrogens (tertiary/aromatic N) is 2. The lowest BCUT2D eigenvalue weighted by molar-refractivity contribution is -0.277. The van der Waals surface area contributed by atoms with Crippen molar-refractivity contribution < 1.29 is 34.6 Å². The van der Waals surface area contributed by atoms with E-state index >= 15 is 0 Å². The second-order valence-electron chi connectivity index (χ2n) is 7.56. The molecule has 33 heavy (non-hydrogen) atoms. The molecule has 1 aliphatic rings. The molecular formula is C23H25N3O7. The van der Waals surface area contributed by atoms with Gasteiger partial charge in [-0.3, -0.25) is 0 Å². The molecule has 3 aromatic rings. The molecule has 1 aromatic heterocycles. The molecule has 0 spiro atoms. The summed E-state index contributed by atoms with van der Waals surface area (Å²) in [5.41, 5.74) is 8.79. The fourth-order valence-electron chi connectivity index (χ4n) is 3.53. The summed E-state index contributed by atoms with van der Waals surface area (Å²) < 4.78 is 16.2. The summed E-state index contributed by atoms with van der Waals surface area (Å²) in [5.74, 6) is 1.21. The Hall–Kier alpha value is -3.28. The largest absolute Gasteiger partial charge is 0.497 e. The number of aliphatic hydroxyl groups is 4. The van der Waals surface area contributed by atoms with Crippen molar-refractivity contribution in [3.63, 3.8) is 0 Å². The molecule has 5 unspecified atom stereocenters. The third-order valence-electron chi connectivity index (χ3n) is 5.38. The van der Waals surface area contributed by atoms with Gasteiger partial charge in [-0.15, -0.1) is 0 Å². The maximum Gasteiger partial charge on any atom is 0.229 e. The first-order valence-corrected chi connectivity index (χ1v) is 10.3. The van der Waals surface area contributed by atoms with Crippen molar-refractivity contribution in [3.05, 3.63) is 54.6 Å². The van der Waals surface area contributed by atoms with Crippen molar-refractivity contribution in [2.24, 2.45) is 0 Å². The number of anilines is 1. The van der Waals surface area contributed by atoms with Gasteiger partial charge in [-0.25, -0.2) is 9.97 Å². The predicted molar refractivity (Wildman–Crippen MR) is 118 cm³/mol. The predicted octanol–water partition coefficient (Wildman–Crippen LogP) is 0.580. The average Bonchev–Trinajstić information content (AvgIpc) is 2.84. The van der Waals surface area contributed by atoms with E-state index in [4.69, 9.17) is 19.9 Å². The first-order chi connectivity index (χ1) is 15.9. The summed E-state index contributed by atoms with van der Waals surface area (Å²) in [7, 11) is 1.60. The zero-order valence-electron chi connectivity index (χ0n) is 17.8. The van der Waals surface area contributed by atoms with Gasteiger partial charge >= 0.3 is 0 Å². The monoisotopic (exact) mass is 455 g/mol. The summed E-state index contributed by atoms with van der Waals surface area (Å²) in [6.45, 7) is -0.532. The van der Waals surface area contributed by atoms with Crippen LogP contribution in [0.4, 0.5) is 5.95 Å². The maximum atomic E-state index is 10.1. The normalized spacial score (nSPS) is 24.9. The van der Waals surface area contributed by atoms with Crippen LogP contribution in [0.1, 0.15) is 0 Å². The van der Waals surface area contributed by atoms with Crippen LogP contribution < -0.4 is 15.2 Å². The van der Waals surface area contributed by atoms with Crippen LogP contribution in [0.3, 0.4) is 0 Å². The Balaban J connectivity index is 1.53. The van der Waals surface area contributed by atoms with E-state index in [1.54, 1.807) is 31.4 Å². The zero-order valence-corrected chi connectivity index (χ0v) is 17.8. The SMILES string of the molecule is COc1ccc(-c2cc(-c3ccc(OC4OC(CO)C(O)C(O)C4O)cc3)nc(N)n2)cc1. The van der Waals surface area contributed by atoms with Gasteiger partial charge in [0.2, 0.25) is 12.2 Å². The minimum absolute atomic E-state index is 0.125. The van der Waals surface area contributed by atoms with Crippen molar-refractivity contribution in [2.75, 3.05) is 19.5 Å².